The molecule has 2 aromatic carbocycles. The van der Waals surface area contributed by atoms with Crippen LogP contribution in [0.2, 0.25) is 0 Å². The molecule has 0 aliphatic heterocycles. The third-order valence-electron chi connectivity index (χ3n) is 4.82. The number of aryl methyl sites for hydroxylation is 1. The normalized spacial score (nSPS) is 10.9. The van der Waals surface area contributed by atoms with Gasteiger partial charge in [0, 0.05) is 17.4 Å². The summed E-state index contributed by atoms with van der Waals surface area (Å²) in [5.41, 5.74) is 2.61. The highest BCUT2D eigenvalue weighted by atomic mass is 19.4. The predicted molar refractivity (Wildman–Crippen MR) is 131 cm³/mol. The molecule has 0 fully saturated rings. The van der Waals surface area contributed by atoms with Gasteiger partial charge < -0.3 is 21.1 Å². The lowest BCUT2D eigenvalue weighted by Gasteiger charge is -2.17. The van der Waals surface area contributed by atoms with Crippen LogP contribution in [0.15, 0.2) is 61.3 Å². The van der Waals surface area contributed by atoms with Crippen LogP contribution in [0.25, 0.3) is 0 Å². The lowest BCUT2D eigenvalue weighted by molar-refractivity contribution is -0.137. The van der Waals surface area contributed by atoms with Gasteiger partial charge in [-0.2, -0.15) is 18.2 Å². The molecule has 0 saturated carbocycles. The number of anilines is 5. The Kier molecular flexibility index (Phi) is 8.77. The number of aliphatic hydroxyl groups excluding tert-OH is 1. The largest absolute Gasteiger partial charge is 0.421 e. The van der Waals surface area contributed by atoms with E-state index in [-0.39, 0.29) is 36.1 Å². The number of alkyl halides is 3. The van der Waals surface area contributed by atoms with Crippen LogP contribution < -0.4 is 21.4 Å². The predicted octanol–water partition coefficient (Wildman–Crippen LogP) is 4.07. The Balaban J connectivity index is 1.93. The zero-order chi connectivity index (χ0) is 27.0. The maximum Gasteiger partial charge on any atom is 0.421 e. The van der Waals surface area contributed by atoms with Crippen molar-refractivity contribution in [2.24, 2.45) is 0 Å². The topological polar surface area (TPSA) is 138 Å². The molecule has 0 aliphatic rings. The minimum absolute atomic E-state index is 0.0989. The van der Waals surface area contributed by atoms with Crippen molar-refractivity contribution < 1.29 is 32.7 Å². The zero-order valence-corrected chi connectivity index (χ0v) is 19.5. The van der Waals surface area contributed by atoms with Crippen molar-refractivity contribution in [1.82, 2.24) is 15.4 Å². The summed E-state index contributed by atoms with van der Waals surface area (Å²) in [7, 11) is 0. The minimum Gasteiger partial charge on any atom is -0.394 e. The molecule has 0 saturated heterocycles. The number of nitrogens with one attached hydrogen (secondary N) is 4. The number of hydrogen-bond donors (Lipinski definition) is 5. The van der Waals surface area contributed by atoms with Gasteiger partial charge in [-0.3, -0.25) is 14.4 Å². The molecule has 1 aromatic heterocycles. The maximum atomic E-state index is 13.7. The molecule has 0 radical (unpaired) electrons. The van der Waals surface area contributed by atoms with Crippen molar-refractivity contribution in [3.05, 3.63) is 78.0 Å². The molecule has 3 aromatic rings. The van der Waals surface area contributed by atoms with Crippen LogP contribution in [-0.2, 0) is 15.8 Å². The first-order valence-corrected chi connectivity index (χ1v) is 10.8. The molecule has 1 heterocycles. The Morgan fingerprint density at radius 2 is 1.84 bits per heavy atom. The summed E-state index contributed by atoms with van der Waals surface area (Å²) in [6.07, 6.45) is -3.12. The molecule has 0 aliphatic carbocycles. The summed E-state index contributed by atoms with van der Waals surface area (Å²) in [6, 6.07) is 10.7. The Bertz CT molecular complexity index is 1300. The van der Waals surface area contributed by atoms with Gasteiger partial charge in [-0.25, -0.2) is 10.5 Å². The standard InChI is InChI=1S/C24H23F3N6O4/c1-3-20(35)29-17-6-4-5-7-18(17)30-21-16(24(25,26)27)13-28-23(32-21)31-19-12-15(9-8-14(19)2)22(36)33-37-11-10-34/h3-9,12-13,34H,1,10-11H2,2H3,(H,29,35)(H,33,36)(H2,28,30,31,32). The van der Waals surface area contributed by atoms with Crippen molar-refractivity contribution in [3.63, 3.8) is 0 Å². The van der Waals surface area contributed by atoms with Crippen molar-refractivity contribution in [3.8, 4) is 0 Å². The Morgan fingerprint density at radius 3 is 2.51 bits per heavy atom. The number of nitrogens with zero attached hydrogens (tertiary/aromatic N) is 2. The molecule has 194 valence electrons. The summed E-state index contributed by atoms with van der Waals surface area (Å²) in [5, 5.41) is 16.7. The second-order valence-corrected chi connectivity index (χ2v) is 7.48. The van der Waals surface area contributed by atoms with Crippen molar-refractivity contribution in [1.29, 1.82) is 0 Å². The molecular weight excluding hydrogens is 493 g/mol. The number of aromatic nitrogens is 2. The molecule has 2 amide bonds. The van der Waals surface area contributed by atoms with Crippen LogP contribution in [0.3, 0.4) is 0 Å². The van der Waals surface area contributed by atoms with Crippen molar-refractivity contribution >= 4 is 40.6 Å². The van der Waals surface area contributed by atoms with E-state index in [1.165, 1.54) is 24.3 Å². The van der Waals surface area contributed by atoms with E-state index in [0.717, 1.165) is 6.08 Å². The molecule has 5 N–H and O–H groups in total. The number of rotatable bonds is 10. The number of aliphatic hydroxyl groups is 1. The van der Waals surface area contributed by atoms with E-state index in [9.17, 15) is 22.8 Å². The molecule has 10 nitrogen and oxygen atoms in total. The fourth-order valence-corrected chi connectivity index (χ4v) is 3.00. The first kappa shape index (κ1) is 27.1. The Labute approximate surface area is 209 Å². The van der Waals surface area contributed by atoms with Gasteiger partial charge in [0.05, 0.1) is 24.6 Å². The van der Waals surface area contributed by atoms with Gasteiger partial charge in [-0.1, -0.05) is 24.8 Å². The SMILES string of the molecule is C=CC(=O)Nc1ccccc1Nc1nc(Nc2cc(C(=O)NOCCO)ccc2C)ncc1C(F)(F)F. The molecule has 13 heteroatoms. The van der Waals surface area contributed by atoms with E-state index in [0.29, 0.717) is 17.4 Å². The number of carbonyl (C=O) groups is 2. The first-order valence-electron chi connectivity index (χ1n) is 10.8. The summed E-state index contributed by atoms with van der Waals surface area (Å²) in [4.78, 5) is 36.6. The van der Waals surface area contributed by atoms with Crippen LogP contribution in [0.5, 0.6) is 0 Å². The molecule has 37 heavy (non-hydrogen) atoms. The lowest BCUT2D eigenvalue weighted by atomic mass is 10.1. The van der Waals surface area contributed by atoms with Gasteiger partial charge in [0.1, 0.15) is 11.4 Å². The third-order valence-corrected chi connectivity index (χ3v) is 4.82. The van der Waals surface area contributed by atoms with Gasteiger partial charge in [-0.15, -0.1) is 0 Å². The number of carbonyl (C=O) groups excluding carboxylic acids is 2. The van der Waals surface area contributed by atoms with Crippen LogP contribution in [0.4, 0.5) is 42.0 Å². The second-order valence-electron chi connectivity index (χ2n) is 7.48. The number of amides is 2. The Morgan fingerprint density at radius 1 is 1.11 bits per heavy atom. The second kappa shape index (κ2) is 12.0. The number of benzene rings is 2. The summed E-state index contributed by atoms with van der Waals surface area (Å²) >= 11 is 0. The van der Waals surface area contributed by atoms with E-state index in [1.54, 1.807) is 25.1 Å². The average Bonchev–Trinajstić information content (AvgIpc) is 2.86. The monoisotopic (exact) mass is 516 g/mol. The number of halogens is 3. The maximum absolute atomic E-state index is 13.7. The van der Waals surface area contributed by atoms with E-state index < -0.39 is 29.4 Å². The summed E-state index contributed by atoms with van der Waals surface area (Å²) in [5.74, 6) is -1.88. The van der Waals surface area contributed by atoms with E-state index in [4.69, 9.17) is 9.94 Å². The molecule has 0 atom stereocenters. The highest BCUT2D eigenvalue weighted by Crippen LogP contribution is 2.36. The van der Waals surface area contributed by atoms with Crippen LogP contribution >= 0.6 is 0 Å². The van der Waals surface area contributed by atoms with E-state index >= 15 is 0 Å². The number of hydroxylamine groups is 1. The van der Waals surface area contributed by atoms with E-state index in [2.05, 4.69) is 38.0 Å². The van der Waals surface area contributed by atoms with Gasteiger partial charge in [0.15, 0.2) is 0 Å². The van der Waals surface area contributed by atoms with Gasteiger partial charge >= 0.3 is 6.18 Å². The molecule has 0 unspecified atom stereocenters. The van der Waals surface area contributed by atoms with E-state index in [1.807, 2.05) is 0 Å². The summed E-state index contributed by atoms with van der Waals surface area (Å²) in [6.45, 7) is 4.69. The quantitative estimate of drug-likeness (QED) is 0.155. The number of para-hydroxylation sites is 2. The van der Waals surface area contributed by atoms with Gasteiger partial charge in [-0.05, 0) is 42.8 Å². The highest BCUT2D eigenvalue weighted by Gasteiger charge is 2.35. The van der Waals surface area contributed by atoms with Crippen LogP contribution in [0, 0.1) is 6.92 Å². The lowest BCUT2D eigenvalue weighted by Crippen LogP contribution is -2.25. The number of hydrogen-bond acceptors (Lipinski definition) is 8. The molecule has 0 bridgehead atoms. The third kappa shape index (κ3) is 7.25. The Hall–Kier alpha value is -4.49. The fraction of sp³-hybridized carbons (Fsp3) is 0.167. The fourth-order valence-electron chi connectivity index (χ4n) is 3.00. The average molecular weight is 516 g/mol. The highest BCUT2D eigenvalue weighted by molar-refractivity contribution is 6.01. The van der Waals surface area contributed by atoms with Gasteiger partial charge in [0.2, 0.25) is 11.9 Å². The zero-order valence-electron chi connectivity index (χ0n) is 19.5. The smallest absolute Gasteiger partial charge is 0.394 e. The van der Waals surface area contributed by atoms with Crippen LogP contribution in [0.1, 0.15) is 21.5 Å². The van der Waals surface area contributed by atoms with Gasteiger partial charge in [0.25, 0.3) is 5.91 Å². The first-order chi connectivity index (χ1) is 17.6. The van der Waals surface area contributed by atoms with Crippen LogP contribution in [-0.4, -0.2) is 40.1 Å². The minimum atomic E-state index is -4.78. The van der Waals surface area contributed by atoms with Crippen molar-refractivity contribution in [2.45, 2.75) is 13.1 Å². The molecule has 3 rings (SSSR count). The van der Waals surface area contributed by atoms with Crippen molar-refractivity contribution in [2.75, 3.05) is 29.2 Å². The summed E-state index contributed by atoms with van der Waals surface area (Å²) < 4.78 is 41.1. The molecule has 0 spiro atoms. The molecular formula is C24H23F3N6O4.